The van der Waals surface area contributed by atoms with Gasteiger partial charge in [-0.3, -0.25) is 0 Å². The molecule has 15 rings (SSSR count). The van der Waals surface area contributed by atoms with Crippen molar-refractivity contribution in [2.24, 2.45) is 0 Å². The largest absolute Gasteiger partial charge is 0.456 e. The lowest BCUT2D eigenvalue weighted by atomic mass is 9.96. The molecule has 6 nitrogen and oxygen atoms in total. The summed E-state index contributed by atoms with van der Waals surface area (Å²) in [7, 11) is 0. The first kappa shape index (κ1) is 44.2. The maximum atomic E-state index is 6.94. The molecule has 0 unspecified atom stereocenters. The topological polar surface area (TPSA) is 59.0 Å². The highest BCUT2D eigenvalue weighted by Crippen LogP contribution is 2.47. The molecule has 0 amide bonds. The van der Waals surface area contributed by atoms with E-state index in [0.29, 0.717) is 11.8 Å². The Kier molecular flexibility index (Phi) is 9.68. The quantitative estimate of drug-likeness (QED) is 0.151. The van der Waals surface area contributed by atoms with Crippen LogP contribution in [-0.2, 0) is 0 Å². The third kappa shape index (κ3) is 6.80. The number of aryl methyl sites for hydroxylation is 2. The Bertz CT molecular complexity index is 4550. The molecule has 0 spiro atoms. The van der Waals surface area contributed by atoms with Crippen molar-refractivity contribution in [2.75, 3.05) is 9.80 Å². The molecule has 6 heteroatoms. The van der Waals surface area contributed by atoms with Crippen LogP contribution in [0, 0.1) is 13.8 Å². The van der Waals surface area contributed by atoms with Crippen LogP contribution in [0.5, 0.6) is 0 Å². The van der Waals surface area contributed by atoms with E-state index < -0.39 is 0 Å². The van der Waals surface area contributed by atoms with Gasteiger partial charge in [0.25, 0.3) is 0 Å². The smallest absolute Gasteiger partial charge is 0.142 e. The summed E-state index contributed by atoms with van der Waals surface area (Å²) in [6, 6.07) is 70.0. The van der Waals surface area contributed by atoms with Crippen LogP contribution >= 0.6 is 0 Å². The van der Waals surface area contributed by atoms with Gasteiger partial charge in [-0.2, -0.15) is 0 Å². The van der Waals surface area contributed by atoms with Crippen molar-refractivity contribution in [2.45, 2.75) is 53.4 Å². The fourth-order valence-electron chi connectivity index (χ4n) is 12.1. The molecule has 0 saturated heterocycles. The van der Waals surface area contributed by atoms with Gasteiger partial charge in [0.2, 0.25) is 0 Å². The van der Waals surface area contributed by atoms with E-state index in [9.17, 15) is 0 Å². The monoisotopic (exact) mass is 984 g/mol. The minimum atomic E-state index is 0.431. The summed E-state index contributed by atoms with van der Waals surface area (Å²) in [5.74, 6) is 0.863. The summed E-state index contributed by atoms with van der Waals surface area (Å²) in [5, 5.41) is 13.3. The van der Waals surface area contributed by atoms with Gasteiger partial charge in [-0.05, 0) is 185 Å². The van der Waals surface area contributed by atoms with Gasteiger partial charge in [0, 0.05) is 82.8 Å². The maximum Gasteiger partial charge on any atom is 0.142 e. The van der Waals surface area contributed by atoms with Gasteiger partial charge < -0.3 is 27.5 Å². The maximum absolute atomic E-state index is 6.94. The van der Waals surface area contributed by atoms with Crippen molar-refractivity contribution < 1.29 is 17.7 Å². The first-order valence-corrected chi connectivity index (χ1v) is 26.4. The Balaban J connectivity index is 0.841. The summed E-state index contributed by atoms with van der Waals surface area (Å²) in [5.41, 5.74) is 18.1. The lowest BCUT2D eigenvalue weighted by Crippen LogP contribution is -2.10. The summed E-state index contributed by atoms with van der Waals surface area (Å²) in [6.45, 7) is 13.3. The Hall–Kier alpha value is -9.26. The van der Waals surface area contributed by atoms with E-state index in [-0.39, 0.29) is 0 Å². The first-order chi connectivity index (χ1) is 37.1. The van der Waals surface area contributed by atoms with Crippen molar-refractivity contribution in [3.8, 4) is 0 Å². The van der Waals surface area contributed by atoms with E-state index in [1.807, 2.05) is 24.3 Å². The molecule has 0 saturated carbocycles. The number of para-hydroxylation sites is 2. The van der Waals surface area contributed by atoms with Gasteiger partial charge >= 0.3 is 0 Å². The molecule has 0 aliphatic carbocycles. The molecule has 0 radical (unpaired) electrons. The van der Waals surface area contributed by atoms with Gasteiger partial charge in [0.1, 0.15) is 44.7 Å². The number of fused-ring (bicyclic) bond motifs is 14. The number of benzene rings is 11. The van der Waals surface area contributed by atoms with Crippen LogP contribution in [0.4, 0.5) is 34.1 Å². The van der Waals surface area contributed by atoms with Crippen molar-refractivity contribution in [1.29, 1.82) is 0 Å². The Morgan fingerprint density at radius 3 is 1.11 bits per heavy atom. The number of anilines is 6. The van der Waals surface area contributed by atoms with E-state index in [4.69, 9.17) is 17.7 Å². The Morgan fingerprint density at radius 2 is 0.671 bits per heavy atom. The fourth-order valence-corrected chi connectivity index (χ4v) is 12.1. The minimum Gasteiger partial charge on any atom is -0.456 e. The van der Waals surface area contributed by atoms with Gasteiger partial charge in [-0.1, -0.05) is 100 Å². The second-order valence-electron chi connectivity index (χ2n) is 21.3. The van der Waals surface area contributed by atoms with Gasteiger partial charge in [-0.15, -0.1) is 0 Å². The first-order valence-electron chi connectivity index (χ1n) is 26.4. The Labute approximate surface area is 438 Å². The molecular formula is C70H52N2O4. The highest BCUT2D eigenvalue weighted by atomic mass is 16.3. The Morgan fingerprint density at radius 1 is 0.289 bits per heavy atom. The average molecular weight is 985 g/mol. The molecule has 11 aromatic carbocycles. The van der Waals surface area contributed by atoms with E-state index in [1.54, 1.807) is 0 Å². The molecule has 0 bridgehead atoms. The molecule has 0 atom stereocenters. The lowest BCUT2D eigenvalue weighted by Gasteiger charge is -2.26. The standard InChI is InChI=1S/C70H52N2O4/c1-39(2)43-15-21-49(22-16-43)71(53-27-29-63-57(37-53)55-11-7-9-13-61(55)73-63)51-25-19-45-33-59-65(35-47(45)31-51)75-69-42(6)70-68(41(5)67(59)69)60-34-46-20-26-52(32-48(46)36-66(60)76-70)72(50-23-17-44(18-24-50)40(3)4)54-28-30-64-58(38-54)56-12-8-10-14-62(56)74-64/h7-40H,1-6H3. The van der Waals surface area contributed by atoms with Crippen molar-refractivity contribution in [3.05, 3.63) is 216 Å². The minimum absolute atomic E-state index is 0.431. The zero-order chi connectivity index (χ0) is 51.1. The zero-order valence-corrected chi connectivity index (χ0v) is 43.2. The molecule has 4 heterocycles. The predicted octanol–water partition coefficient (Wildman–Crippen LogP) is 21.4. The van der Waals surface area contributed by atoms with Crippen LogP contribution in [0.1, 0.15) is 61.8 Å². The number of hydrogen-bond acceptors (Lipinski definition) is 6. The summed E-state index contributed by atoms with van der Waals surface area (Å²) >= 11 is 0. The molecule has 0 N–H and O–H groups in total. The van der Waals surface area contributed by atoms with Gasteiger partial charge in [-0.25, -0.2) is 0 Å². The molecular weight excluding hydrogens is 933 g/mol. The predicted molar refractivity (Wildman–Crippen MR) is 318 cm³/mol. The molecule has 15 aromatic rings. The average Bonchev–Trinajstić information content (AvgIpc) is 4.35. The zero-order valence-electron chi connectivity index (χ0n) is 43.2. The van der Waals surface area contributed by atoms with Gasteiger partial charge in [0.05, 0.1) is 0 Å². The van der Waals surface area contributed by atoms with Crippen LogP contribution < -0.4 is 9.80 Å². The molecule has 366 valence electrons. The molecule has 4 aromatic heterocycles. The summed E-state index contributed by atoms with van der Waals surface area (Å²) < 4.78 is 26.4. The normalized spacial score (nSPS) is 12.3. The number of rotatable bonds is 8. The molecule has 0 aliphatic rings. The van der Waals surface area contributed by atoms with Crippen LogP contribution in [0.25, 0.3) is 109 Å². The third-order valence-corrected chi connectivity index (χ3v) is 16.1. The van der Waals surface area contributed by atoms with Crippen LogP contribution in [0.2, 0.25) is 0 Å². The van der Waals surface area contributed by atoms with E-state index in [0.717, 1.165) is 155 Å². The third-order valence-electron chi connectivity index (χ3n) is 16.1. The molecule has 0 aliphatic heterocycles. The van der Waals surface area contributed by atoms with E-state index in [1.165, 1.54) is 11.1 Å². The highest BCUT2D eigenvalue weighted by molar-refractivity contribution is 6.22. The van der Waals surface area contributed by atoms with Crippen molar-refractivity contribution in [1.82, 2.24) is 0 Å². The summed E-state index contributed by atoms with van der Waals surface area (Å²) in [4.78, 5) is 4.69. The van der Waals surface area contributed by atoms with E-state index in [2.05, 4.69) is 221 Å². The van der Waals surface area contributed by atoms with Crippen LogP contribution in [0.3, 0.4) is 0 Å². The summed E-state index contributed by atoms with van der Waals surface area (Å²) in [6.07, 6.45) is 0. The number of hydrogen-bond donors (Lipinski definition) is 0. The van der Waals surface area contributed by atoms with Gasteiger partial charge in [0.15, 0.2) is 0 Å². The molecule has 76 heavy (non-hydrogen) atoms. The highest BCUT2D eigenvalue weighted by Gasteiger charge is 2.24. The number of nitrogens with zero attached hydrogens (tertiary/aromatic N) is 2. The van der Waals surface area contributed by atoms with Crippen molar-refractivity contribution >= 4 is 143 Å². The second-order valence-corrected chi connectivity index (χ2v) is 21.3. The van der Waals surface area contributed by atoms with Crippen LogP contribution in [-0.4, -0.2) is 0 Å². The van der Waals surface area contributed by atoms with E-state index >= 15 is 0 Å². The lowest BCUT2D eigenvalue weighted by molar-refractivity contribution is 0.651. The number of furan rings is 4. The fraction of sp³-hybridized carbons (Fsp3) is 0.114. The molecule has 0 fully saturated rings. The second kappa shape index (κ2) is 16.6. The van der Waals surface area contributed by atoms with Crippen LogP contribution in [0.15, 0.2) is 212 Å². The van der Waals surface area contributed by atoms with Crippen molar-refractivity contribution in [3.63, 3.8) is 0 Å². The SMILES string of the molecule is Cc1c2oc3cc4cc(N(c5ccc(C(C)C)cc5)c5ccc6oc7ccccc7c6c5)ccc4cc3c2c(C)c2c1oc1cc3cc(N(c4ccc(C(C)C)cc4)c4ccc5oc6ccccc6c5c4)ccc3cc12.